The average Bonchev–Trinajstić information content (AvgIpc) is 2.54. The van der Waals surface area contributed by atoms with Crippen LogP contribution in [0.3, 0.4) is 0 Å². The quantitative estimate of drug-likeness (QED) is 0.448. The van der Waals surface area contributed by atoms with E-state index in [0.717, 1.165) is 31.2 Å². The Kier molecular flexibility index (Phi) is 5.80. The summed E-state index contributed by atoms with van der Waals surface area (Å²) in [4.78, 5) is 22.6. The zero-order chi connectivity index (χ0) is 17.7. The van der Waals surface area contributed by atoms with Gasteiger partial charge in [0.15, 0.2) is 0 Å². The van der Waals surface area contributed by atoms with Gasteiger partial charge in [-0.2, -0.15) is 13.2 Å². The number of benzene rings is 1. The lowest BCUT2D eigenvalue weighted by Gasteiger charge is -2.28. The molecule has 1 fully saturated rings. The highest BCUT2D eigenvalue weighted by atomic mass is 19.4. The van der Waals surface area contributed by atoms with Crippen LogP contribution in [0.25, 0.3) is 0 Å². The number of Topliss-reactive ketones (excluding diaryl/α,β-unsaturated/α-hetero) is 1. The van der Waals surface area contributed by atoms with Crippen molar-refractivity contribution in [3.63, 3.8) is 0 Å². The SMILES string of the molecule is C=CCC(=O)O[C@H]1CC[C@H](c2ccc(C(=O)C(F)(F)F)cc2)CC1. The molecule has 0 saturated heterocycles. The molecular weight excluding hydrogens is 321 g/mol. The zero-order valence-corrected chi connectivity index (χ0v) is 13.1. The van der Waals surface area contributed by atoms with Gasteiger partial charge < -0.3 is 4.74 Å². The van der Waals surface area contributed by atoms with Crippen LogP contribution in [0.5, 0.6) is 0 Å². The Balaban J connectivity index is 1.91. The third-order valence-corrected chi connectivity index (χ3v) is 4.19. The van der Waals surface area contributed by atoms with E-state index in [1.807, 2.05) is 0 Å². The normalized spacial score (nSPS) is 21.1. The number of carbonyl (C=O) groups excluding carboxylic acids is 2. The molecule has 0 bridgehead atoms. The summed E-state index contributed by atoms with van der Waals surface area (Å²) in [5.74, 6) is -1.91. The van der Waals surface area contributed by atoms with Crippen LogP contribution in [-0.4, -0.2) is 24.0 Å². The Morgan fingerprint density at radius 2 is 1.71 bits per heavy atom. The summed E-state index contributed by atoms with van der Waals surface area (Å²) in [7, 11) is 0. The van der Waals surface area contributed by atoms with E-state index >= 15 is 0 Å². The molecule has 0 spiro atoms. The Bertz CT molecular complexity index is 597. The minimum Gasteiger partial charge on any atom is -0.462 e. The Hall–Kier alpha value is -2.11. The number of carbonyl (C=O) groups is 2. The zero-order valence-electron chi connectivity index (χ0n) is 13.1. The Morgan fingerprint density at radius 1 is 1.12 bits per heavy atom. The fourth-order valence-corrected chi connectivity index (χ4v) is 2.94. The molecule has 2 rings (SSSR count). The van der Waals surface area contributed by atoms with Crippen molar-refractivity contribution in [3.05, 3.63) is 48.0 Å². The molecule has 1 aromatic rings. The van der Waals surface area contributed by atoms with Crippen LogP contribution in [-0.2, 0) is 9.53 Å². The fraction of sp³-hybridized carbons (Fsp3) is 0.444. The number of ether oxygens (including phenoxy) is 1. The van der Waals surface area contributed by atoms with E-state index in [1.54, 1.807) is 12.1 Å². The van der Waals surface area contributed by atoms with Crippen molar-refractivity contribution in [2.45, 2.75) is 50.3 Å². The summed E-state index contributed by atoms with van der Waals surface area (Å²) >= 11 is 0. The number of alkyl halides is 3. The molecule has 0 amide bonds. The second-order valence-electron chi connectivity index (χ2n) is 5.91. The van der Waals surface area contributed by atoms with E-state index in [9.17, 15) is 22.8 Å². The molecule has 0 atom stereocenters. The lowest BCUT2D eigenvalue weighted by atomic mass is 9.82. The molecule has 0 aromatic heterocycles. The van der Waals surface area contributed by atoms with Gasteiger partial charge in [0.05, 0.1) is 6.42 Å². The Morgan fingerprint density at radius 3 is 2.21 bits per heavy atom. The molecule has 130 valence electrons. The first-order chi connectivity index (χ1) is 11.3. The van der Waals surface area contributed by atoms with Crippen LogP contribution in [0.2, 0.25) is 0 Å². The molecular formula is C18H19F3O3. The van der Waals surface area contributed by atoms with Crippen molar-refractivity contribution in [3.8, 4) is 0 Å². The van der Waals surface area contributed by atoms with Crippen LogP contribution in [0.4, 0.5) is 13.2 Å². The average molecular weight is 340 g/mol. The van der Waals surface area contributed by atoms with Gasteiger partial charge >= 0.3 is 12.1 Å². The molecule has 24 heavy (non-hydrogen) atoms. The van der Waals surface area contributed by atoms with Crippen molar-refractivity contribution in [2.75, 3.05) is 0 Å². The Labute approximate surface area is 138 Å². The maximum atomic E-state index is 12.4. The van der Waals surface area contributed by atoms with E-state index in [2.05, 4.69) is 6.58 Å². The monoisotopic (exact) mass is 340 g/mol. The van der Waals surface area contributed by atoms with Crippen molar-refractivity contribution < 1.29 is 27.5 Å². The van der Waals surface area contributed by atoms with Gasteiger partial charge in [-0.15, -0.1) is 6.58 Å². The largest absolute Gasteiger partial charge is 0.462 e. The van der Waals surface area contributed by atoms with Gasteiger partial charge in [-0.25, -0.2) is 0 Å². The summed E-state index contributed by atoms with van der Waals surface area (Å²) in [5.41, 5.74) is 0.558. The highest BCUT2D eigenvalue weighted by Crippen LogP contribution is 2.34. The van der Waals surface area contributed by atoms with Gasteiger partial charge in [0.2, 0.25) is 0 Å². The van der Waals surface area contributed by atoms with E-state index in [0.29, 0.717) is 0 Å². The van der Waals surface area contributed by atoms with Crippen LogP contribution < -0.4 is 0 Å². The molecule has 6 heteroatoms. The lowest BCUT2D eigenvalue weighted by Crippen LogP contribution is -2.24. The van der Waals surface area contributed by atoms with Crippen molar-refractivity contribution in [1.82, 2.24) is 0 Å². The second-order valence-corrected chi connectivity index (χ2v) is 5.91. The van der Waals surface area contributed by atoms with Gasteiger partial charge in [-0.3, -0.25) is 9.59 Å². The molecule has 0 aliphatic heterocycles. The van der Waals surface area contributed by atoms with Crippen LogP contribution in [0, 0.1) is 0 Å². The predicted octanol–water partition coefficient (Wildman–Crippen LogP) is 4.58. The van der Waals surface area contributed by atoms with Gasteiger partial charge in [0.25, 0.3) is 5.78 Å². The number of hydrogen-bond acceptors (Lipinski definition) is 3. The number of rotatable bonds is 5. The second kappa shape index (κ2) is 7.64. The standard InChI is InChI=1S/C18H19F3O3/c1-2-3-16(22)24-15-10-8-13(9-11-15)12-4-6-14(7-5-12)17(23)18(19,20)21/h2,4-7,13,15H,1,3,8-11H2/t13-,15-. The molecule has 0 radical (unpaired) electrons. The summed E-state index contributed by atoms with van der Waals surface area (Å²) in [5, 5.41) is 0. The first-order valence-corrected chi connectivity index (χ1v) is 7.83. The number of hydrogen-bond donors (Lipinski definition) is 0. The minimum atomic E-state index is -4.85. The molecule has 1 aliphatic carbocycles. The number of esters is 1. The number of halogens is 3. The van der Waals surface area contributed by atoms with Gasteiger partial charge in [0, 0.05) is 5.56 Å². The van der Waals surface area contributed by atoms with E-state index < -0.39 is 12.0 Å². The molecule has 0 N–H and O–H groups in total. The highest BCUT2D eigenvalue weighted by Gasteiger charge is 2.39. The first-order valence-electron chi connectivity index (χ1n) is 7.83. The predicted molar refractivity (Wildman–Crippen MR) is 82.7 cm³/mol. The molecule has 3 nitrogen and oxygen atoms in total. The van der Waals surface area contributed by atoms with Crippen molar-refractivity contribution in [1.29, 1.82) is 0 Å². The smallest absolute Gasteiger partial charge is 0.454 e. The van der Waals surface area contributed by atoms with Gasteiger partial charge in [-0.1, -0.05) is 30.3 Å². The van der Waals surface area contributed by atoms with Crippen molar-refractivity contribution in [2.24, 2.45) is 0 Å². The fourth-order valence-electron chi connectivity index (χ4n) is 2.94. The maximum absolute atomic E-state index is 12.4. The van der Waals surface area contributed by atoms with Crippen molar-refractivity contribution >= 4 is 11.8 Å². The summed E-state index contributed by atoms with van der Waals surface area (Å²) < 4.78 is 42.5. The molecule has 0 heterocycles. The lowest BCUT2D eigenvalue weighted by molar-refractivity contribution is -0.149. The third-order valence-electron chi connectivity index (χ3n) is 4.19. The number of ketones is 1. The maximum Gasteiger partial charge on any atom is 0.454 e. The van der Waals surface area contributed by atoms with E-state index in [4.69, 9.17) is 4.74 Å². The third kappa shape index (κ3) is 4.69. The van der Waals surface area contributed by atoms with Crippen LogP contribution in [0.15, 0.2) is 36.9 Å². The topological polar surface area (TPSA) is 43.4 Å². The minimum absolute atomic E-state index is 0.111. The summed E-state index contributed by atoms with van der Waals surface area (Å²) in [6.45, 7) is 3.48. The summed E-state index contributed by atoms with van der Waals surface area (Å²) in [6.07, 6.45) is -0.258. The molecule has 1 saturated carbocycles. The van der Waals surface area contributed by atoms with Crippen LogP contribution >= 0.6 is 0 Å². The van der Waals surface area contributed by atoms with E-state index in [1.165, 1.54) is 18.2 Å². The van der Waals surface area contributed by atoms with Crippen LogP contribution in [0.1, 0.15) is 53.9 Å². The highest BCUT2D eigenvalue weighted by molar-refractivity contribution is 6.00. The summed E-state index contributed by atoms with van der Waals surface area (Å²) in [6, 6.07) is 5.60. The van der Waals surface area contributed by atoms with Gasteiger partial charge in [0.1, 0.15) is 6.10 Å². The van der Waals surface area contributed by atoms with E-state index in [-0.39, 0.29) is 30.0 Å². The molecule has 1 aromatic carbocycles. The first kappa shape index (κ1) is 18.2. The van der Waals surface area contributed by atoms with Gasteiger partial charge in [-0.05, 0) is 37.2 Å². The molecule has 1 aliphatic rings. The molecule has 0 unspecified atom stereocenters.